The first kappa shape index (κ1) is 16.6. The van der Waals surface area contributed by atoms with Crippen LogP contribution in [-0.2, 0) is 19.6 Å². The highest BCUT2D eigenvalue weighted by molar-refractivity contribution is 5.98. The standard InChI is InChI=1S/C21H18N4O3/c26-21(15-3-4-18-14(10-15)5-8-23-18)25-9-6-20-17(12-25)19(24-28-20)13-27-16-2-1-7-22-11-16/h1-5,7-8,10-11,23H,6,9,12-13H2. The Morgan fingerprint density at radius 2 is 2.25 bits per heavy atom. The molecule has 0 saturated carbocycles. The van der Waals surface area contributed by atoms with Crippen LogP contribution in [0.2, 0.25) is 0 Å². The third kappa shape index (κ3) is 3.00. The molecule has 4 heterocycles. The van der Waals surface area contributed by atoms with Gasteiger partial charge in [0, 0.05) is 47.4 Å². The highest BCUT2D eigenvalue weighted by Gasteiger charge is 2.28. The summed E-state index contributed by atoms with van der Waals surface area (Å²) in [6, 6.07) is 11.3. The first-order chi connectivity index (χ1) is 13.8. The van der Waals surface area contributed by atoms with Gasteiger partial charge in [0.1, 0.15) is 23.8 Å². The van der Waals surface area contributed by atoms with Crippen molar-refractivity contribution in [2.45, 2.75) is 19.6 Å². The van der Waals surface area contributed by atoms with Gasteiger partial charge in [0.25, 0.3) is 5.91 Å². The number of amides is 1. The summed E-state index contributed by atoms with van der Waals surface area (Å²) in [5, 5.41) is 5.18. The van der Waals surface area contributed by atoms with E-state index in [1.807, 2.05) is 47.5 Å². The Bertz CT molecular complexity index is 1130. The molecule has 7 nitrogen and oxygen atoms in total. The molecule has 4 aromatic rings. The molecular formula is C21H18N4O3. The van der Waals surface area contributed by atoms with Crippen LogP contribution in [0.5, 0.6) is 5.75 Å². The van der Waals surface area contributed by atoms with Crippen LogP contribution in [-0.4, -0.2) is 32.5 Å². The quantitative estimate of drug-likeness (QED) is 0.592. The average molecular weight is 374 g/mol. The van der Waals surface area contributed by atoms with Crippen LogP contribution in [0.1, 0.15) is 27.4 Å². The number of hydrogen-bond acceptors (Lipinski definition) is 5. The topological polar surface area (TPSA) is 84.2 Å². The molecule has 1 amide bonds. The number of fused-ring (bicyclic) bond motifs is 2. The number of carbonyl (C=O) groups excluding carboxylic acids is 1. The van der Waals surface area contributed by atoms with Crippen molar-refractivity contribution in [1.29, 1.82) is 0 Å². The summed E-state index contributed by atoms with van der Waals surface area (Å²) >= 11 is 0. The SMILES string of the molecule is O=C(c1ccc2[nH]ccc2c1)N1CCc2onc(COc3cccnc3)c2C1. The molecule has 3 aromatic heterocycles. The summed E-state index contributed by atoms with van der Waals surface area (Å²) in [6.45, 7) is 1.35. The second-order valence-electron chi connectivity index (χ2n) is 6.76. The summed E-state index contributed by atoms with van der Waals surface area (Å²) < 4.78 is 11.2. The Balaban J connectivity index is 1.34. The highest BCUT2D eigenvalue weighted by atomic mass is 16.5. The molecule has 140 valence electrons. The fourth-order valence-electron chi connectivity index (χ4n) is 3.50. The van der Waals surface area contributed by atoms with Gasteiger partial charge in [-0.15, -0.1) is 0 Å². The lowest BCUT2D eigenvalue weighted by molar-refractivity contribution is 0.0728. The van der Waals surface area contributed by atoms with Crippen molar-refractivity contribution in [3.63, 3.8) is 0 Å². The number of pyridine rings is 1. The molecule has 1 N–H and O–H groups in total. The summed E-state index contributed by atoms with van der Waals surface area (Å²) in [4.78, 5) is 22.0. The summed E-state index contributed by atoms with van der Waals surface area (Å²) in [5.41, 5.74) is 3.36. The van der Waals surface area contributed by atoms with E-state index < -0.39 is 0 Å². The molecule has 0 radical (unpaired) electrons. The van der Waals surface area contributed by atoms with Crippen LogP contribution in [0.25, 0.3) is 10.9 Å². The fourth-order valence-corrected chi connectivity index (χ4v) is 3.50. The maximum Gasteiger partial charge on any atom is 0.254 e. The number of aromatic nitrogens is 3. The Kier molecular flexibility index (Phi) is 4.05. The Labute approximate surface area is 160 Å². The van der Waals surface area contributed by atoms with E-state index >= 15 is 0 Å². The number of aromatic amines is 1. The number of H-pyrrole nitrogens is 1. The first-order valence-electron chi connectivity index (χ1n) is 9.13. The van der Waals surface area contributed by atoms with Gasteiger partial charge in [-0.3, -0.25) is 9.78 Å². The normalized spacial score (nSPS) is 13.5. The number of carbonyl (C=O) groups is 1. The molecule has 0 bridgehead atoms. The van der Waals surface area contributed by atoms with Crippen LogP contribution >= 0.6 is 0 Å². The van der Waals surface area contributed by atoms with Gasteiger partial charge in [0.15, 0.2) is 0 Å². The Morgan fingerprint density at radius 1 is 1.29 bits per heavy atom. The molecule has 7 heteroatoms. The van der Waals surface area contributed by atoms with Gasteiger partial charge in [-0.1, -0.05) is 5.16 Å². The second kappa shape index (κ2) is 6.84. The lowest BCUT2D eigenvalue weighted by Crippen LogP contribution is -2.36. The molecule has 28 heavy (non-hydrogen) atoms. The first-order valence-corrected chi connectivity index (χ1v) is 9.13. The van der Waals surface area contributed by atoms with Gasteiger partial charge in [-0.05, 0) is 36.4 Å². The number of nitrogens with zero attached hydrogens (tertiary/aromatic N) is 3. The number of benzene rings is 1. The van der Waals surface area contributed by atoms with E-state index in [-0.39, 0.29) is 12.5 Å². The molecule has 0 aliphatic carbocycles. The zero-order chi connectivity index (χ0) is 18.9. The fraction of sp³-hybridized carbons (Fsp3) is 0.190. The van der Waals surface area contributed by atoms with Crippen LogP contribution in [0.3, 0.4) is 0 Å². The maximum atomic E-state index is 13.0. The third-order valence-corrected chi connectivity index (χ3v) is 5.01. The lowest BCUT2D eigenvalue weighted by atomic mass is 10.0. The number of hydrogen-bond donors (Lipinski definition) is 1. The Hall–Kier alpha value is -3.61. The van der Waals surface area contributed by atoms with E-state index in [1.54, 1.807) is 12.4 Å². The van der Waals surface area contributed by atoms with Crippen molar-refractivity contribution >= 4 is 16.8 Å². The summed E-state index contributed by atoms with van der Waals surface area (Å²) in [6.07, 6.45) is 5.86. The van der Waals surface area contributed by atoms with E-state index in [0.29, 0.717) is 30.8 Å². The number of ether oxygens (including phenoxy) is 1. The Morgan fingerprint density at radius 3 is 3.14 bits per heavy atom. The smallest absolute Gasteiger partial charge is 0.254 e. The van der Waals surface area contributed by atoms with Gasteiger partial charge in [0.05, 0.1) is 12.7 Å². The minimum atomic E-state index is 0.00841. The number of nitrogens with one attached hydrogen (secondary N) is 1. The van der Waals surface area contributed by atoms with Gasteiger partial charge in [-0.2, -0.15) is 0 Å². The lowest BCUT2D eigenvalue weighted by Gasteiger charge is -2.26. The van der Waals surface area contributed by atoms with Crippen molar-refractivity contribution in [1.82, 2.24) is 20.0 Å². The van der Waals surface area contributed by atoms with E-state index in [1.165, 1.54) is 0 Å². The zero-order valence-corrected chi connectivity index (χ0v) is 15.1. The van der Waals surface area contributed by atoms with E-state index in [9.17, 15) is 4.79 Å². The minimum Gasteiger partial charge on any atom is -0.486 e. The van der Waals surface area contributed by atoms with Gasteiger partial charge >= 0.3 is 0 Å². The van der Waals surface area contributed by atoms with E-state index in [4.69, 9.17) is 9.26 Å². The van der Waals surface area contributed by atoms with Crippen LogP contribution in [0.15, 0.2) is 59.5 Å². The van der Waals surface area contributed by atoms with Crippen molar-refractivity contribution < 1.29 is 14.1 Å². The molecule has 5 rings (SSSR count). The molecular weight excluding hydrogens is 356 g/mol. The van der Waals surface area contributed by atoms with E-state index in [2.05, 4.69) is 15.1 Å². The summed E-state index contributed by atoms with van der Waals surface area (Å²) in [7, 11) is 0. The van der Waals surface area contributed by atoms with Crippen molar-refractivity contribution in [2.24, 2.45) is 0 Å². The van der Waals surface area contributed by atoms with Crippen molar-refractivity contribution in [3.05, 3.63) is 77.6 Å². The molecule has 0 fully saturated rings. The average Bonchev–Trinajstić information content (AvgIpc) is 3.38. The molecule has 0 spiro atoms. The third-order valence-electron chi connectivity index (χ3n) is 5.01. The largest absolute Gasteiger partial charge is 0.486 e. The predicted octanol–water partition coefficient (Wildman–Crippen LogP) is 3.33. The molecule has 1 aromatic carbocycles. The molecule has 1 aliphatic rings. The zero-order valence-electron chi connectivity index (χ0n) is 15.1. The highest BCUT2D eigenvalue weighted by Crippen LogP contribution is 2.25. The van der Waals surface area contributed by atoms with Gasteiger partial charge in [0.2, 0.25) is 0 Å². The van der Waals surface area contributed by atoms with Gasteiger partial charge < -0.3 is 19.1 Å². The number of rotatable bonds is 4. The van der Waals surface area contributed by atoms with Crippen LogP contribution in [0.4, 0.5) is 0 Å². The molecule has 0 atom stereocenters. The predicted molar refractivity (Wildman–Crippen MR) is 102 cm³/mol. The van der Waals surface area contributed by atoms with Crippen LogP contribution in [0, 0.1) is 0 Å². The molecule has 0 saturated heterocycles. The monoisotopic (exact) mass is 374 g/mol. The van der Waals surface area contributed by atoms with Crippen molar-refractivity contribution in [2.75, 3.05) is 6.54 Å². The maximum absolute atomic E-state index is 13.0. The summed E-state index contributed by atoms with van der Waals surface area (Å²) in [5.74, 6) is 1.51. The van der Waals surface area contributed by atoms with Gasteiger partial charge in [-0.25, -0.2) is 0 Å². The van der Waals surface area contributed by atoms with Crippen LogP contribution < -0.4 is 4.74 Å². The minimum absolute atomic E-state index is 0.00841. The second-order valence-corrected chi connectivity index (χ2v) is 6.76. The van der Waals surface area contributed by atoms with Crippen molar-refractivity contribution in [3.8, 4) is 5.75 Å². The molecule has 0 unspecified atom stereocenters. The van der Waals surface area contributed by atoms with E-state index in [0.717, 1.165) is 27.9 Å². The molecule has 1 aliphatic heterocycles.